The van der Waals surface area contributed by atoms with Crippen molar-refractivity contribution in [1.82, 2.24) is 5.32 Å². The van der Waals surface area contributed by atoms with E-state index in [1.165, 1.54) is 5.57 Å². The van der Waals surface area contributed by atoms with Crippen molar-refractivity contribution in [2.24, 2.45) is 0 Å². The molecule has 1 aliphatic heterocycles. The molecule has 0 aliphatic carbocycles. The molecule has 70 valence electrons. The Labute approximate surface area is 79.0 Å². The maximum Gasteiger partial charge on any atom is 0.224 e. The minimum absolute atomic E-state index is 0.113. The lowest BCUT2D eigenvalue weighted by atomic mass is 10.1. The summed E-state index contributed by atoms with van der Waals surface area (Å²) in [7, 11) is 0. The molecule has 0 radical (unpaired) electrons. The van der Waals surface area contributed by atoms with Crippen LogP contribution in [0.1, 0.15) is 20.3 Å². The van der Waals surface area contributed by atoms with Crippen LogP contribution >= 0.6 is 0 Å². The molecule has 0 aromatic carbocycles. The fourth-order valence-electron chi connectivity index (χ4n) is 1.33. The van der Waals surface area contributed by atoms with Crippen LogP contribution in [0.4, 0.5) is 0 Å². The van der Waals surface area contributed by atoms with Crippen LogP contribution in [0.2, 0.25) is 0 Å². The van der Waals surface area contributed by atoms with Crippen molar-refractivity contribution in [2.75, 3.05) is 6.54 Å². The van der Waals surface area contributed by atoms with E-state index in [0.717, 1.165) is 5.57 Å². The molecule has 1 N–H and O–H groups in total. The van der Waals surface area contributed by atoms with E-state index in [0.29, 0.717) is 13.0 Å². The topological polar surface area (TPSA) is 29.1 Å². The van der Waals surface area contributed by atoms with Gasteiger partial charge in [-0.05, 0) is 19.4 Å². The third kappa shape index (κ3) is 3.28. The predicted octanol–water partition coefficient (Wildman–Crippen LogP) is 1.96. The molecule has 0 saturated heterocycles. The summed E-state index contributed by atoms with van der Waals surface area (Å²) >= 11 is 0. The molecule has 1 rings (SSSR count). The third-order valence-corrected chi connectivity index (χ3v) is 1.87. The number of hydrogen-bond donors (Lipinski definition) is 1. The van der Waals surface area contributed by atoms with Crippen LogP contribution < -0.4 is 5.32 Å². The molecule has 1 heterocycles. The quantitative estimate of drug-likeness (QED) is 0.642. The van der Waals surface area contributed by atoms with E-state index in [4.69, 9.17) is 0 Å². The van der Waals surface area contributed by atoms with Crippen LogP contribution in [0.3, 0.4) is 0 Å². The summed E-state index contributed by atoms with van der Waals surface area (Å²) in [6.45, 7) is 4.68. The molecule has 0 atom stereocenters. The van der Waals surface area contributed by atoms with Crippen LogP contribution in [0.15, 0.2) is 35.5 Å². The highest BCUT2D eigenvalue weighted by atomic mass is 16.1. The lowest BCUT2D eigenvalue weighted by molar-refractivity contribution is -0.120. The van der Waals surface area contributed by atoms with Gasteiger partial charge >= 0.3 is 0 Å². The van der Waals surface area contributed by atoms with Gasteiger partial charge in [-0.1, -0.05) is 29.9 Å². The Balaban J connectivity index is 2.67. The average molecular weight is 177 g/mol. The number of carbonyl (C=O) groups is 1. The van der Waals surface area contributed by atoms with Gasteiger partial charge in [0.05, 0.1) is 6.42 Å². The van der Waals surface area contributed by atoms with Crippen LogP contribution in [-0.4, -0.2) is 12.5 Å². The zero-order valence-corrected chi connectivity index (χ0v) is 8.13. The van der Waals surface area contributed by atoms with Crippen molar-refractivity contribution >= 4 is 5.91 Å². The first kappa shape index (κ1) is 9.78. The number of hydrogen-bond acceptors (Lipinski definition) is 1. The fraction of sp³-hybridized carbons (Fsp3) is 0.364. The zero-order valence-electron chi connectivity index (χ0n) is 8.13. The number of nitrogens with one attached hydrogen (secondary N) is 1. The monoisotopic (exact) mass is 177 g/mol. The van der Waals surface area contributed by atoms with Crippen molar-refractivity contribution in [1.29, 1.82) is 0 Å². The summed E-state index contributed by atoms with van der Waals surface area (Å²) in [5, 5.41) is 2.75. The van der Waals surface area contributed by atoms with Gasteiger partial charge in [-0.25, -0.2) is 0 Å². The maximum atomic E-state index is 11.0. The SMILES string of the molecule is C/C=C\C(C)=C/C1=CCNC(=O)C1. The Morgan fingerprint density at radius 2 is 2.38 bits per heavy atom. The lowest BCUT2D eigenvalue weighted by Crippen LogP contribution is -2.27. The van der Waals surface area contributed by atoms with Gasteiger partial charge in [-0.15, -0.1) is 0 Å². The summed E-state index contributed by atoms with van der Waals surface area (Å²) in [5.41, 5.74) is 2.29. The highest BCUT2D eigenvalue weighted by Gasteiger charge is 2.07. The van der Waals surface area contributed by atoms with Gasteiger partial charge < -0.3 is 5.32 Å². The number of rotatable bonds is 2. The van der Waals surface area contributed by atoms with E-state index < -0.39 is 0 Å². The summed E-state index contributed by atoms with van der Waals surface area (Å²) < 4.78 is 0. The van der Waals surface area contributed by atoms with E-state index in [9.17, 15) is 4.79 Å². The zero-order chi connectivity index (χ0) is 9.68. The first-order valence-electron chi connectivity index (χ1n) is 4.49. The number of carbonyl (C=O) groups excluding carboxylic acids is 1. The van der Waals surface area contributed by atoms with Crippen LogP contribution in [0.5, 0.6) is 0 Å². The first-order valence-corrected chi connectivity index (χ1v) is 4.49. The molecule has 0 fully saturated rings. The second-order valence-electron chi connectivity index (χ2n) is 3.15. The van der Waals surface area contributed by atoms with Crippen molar-refractivity contribution in [3.63, 3.8) is 0 Å². The second-order valence-corrected chi connectivity index (χ2v) is 3.15. The summed E-state index contributed by atoms with van der Waals surface area (Å²) in [4.78, 5) is 11.0. The van der Waals surface area contributed by atoms with Gasteiger partial charge in [0.25, 0.3) is 0 Å². The minimum Gasteiger partial charge on any atom is -0.352 e. The molecule has 0 aromatic heterocycles. The molecule has 0 aromatic rings. The highest BCUT2D eigenvalue weighted by Crippen LogP contribution is 2.10. The van der Waals surface area contributed by atoms with Crippen LogP contribution in [-0.2, 0) is 4.79 Å². The van der Waals surface area contributed by atoms with Crippen molar-refractivity contribution < 1.29 is 4.79 Å². The van der Waals surface area contributed by atoms with E-state index in [-0.39, 0.29) is 5.91 Å². The normalized spacial score (nSPS) is 18.8. The molecule has 1 aliphatic rings. The smallest absolute Gasteiger partial charge is 0.224 e. The van der Waals surface area contributed by atoms with Crippen molar-refractivity contribution in [2.45, 2.75) is 20.3 Å². The summed E-state index contributed by atoms with van der Waals surface area (Å²) in [6, 6.07) is 0. The van der Waals surface area contributed by atoms with E-state index in [2.05, 4.69) is 17.5 Å². The molecule has 2 nitrogen and oxygen atoms in total. The molecule has 2 heteroatoms. The molecular formula is C11H15NO. The fourth-order valence-corrected chi connectivity index (χ4v) is 1.33. The number of allylic oxidation sites excluding steroid dienone is 4. The standard InChI is InChI=1S/C11H15NO/c1-3-4-9(2)7-10-5-6-12-11(13)8-10/h3-5,7H,6,8H2,1-2H3,(H,12,13)/b4-3-,9-7-. The second kappa shape index (κ2) is 4.65. The van der Waals surface area contributed by atoms with Crippen molar-refractivity contribution in [3.8, 4) is 0 Å². The van der Waals surface area contributed by atoms with Gasteiger partial charge in [0.15, 0.2) is 0 Å². The van der Waals surface area contributed by atoms with Crippen molar-refractivity contribution in [3.05, 3.63) is 35.5 Å². The largest absolute Gasteiger partial charge is 0.352 e. The molecule has 0 unspecified atom stereocenters. The minimum atomic E-state index is 0.113. The Hall–Kier alpha value is -1.31. The van der Waals surface area contributed by atoms with E-state index >= 15 is 0 Å². The Bertz CT molecular complexity index is 284. The van der Waals surface area contributed by atoms with Crippen LogP contribution in [0, 0.1) is 0 Å². The average Bonchev–Trinajstić information content (AvgIpc) is 2.04. The third-order valence-electron chi connectivity index (χ3n) is 1.87. The first-order chi connectivity index (χ1) is 6.22. The summed E-state index contributed by atoms with van der Waals surface area (Å²) in [5.74, 6) is 0.113. The van der Waals surface area contributed by atoms with E-state index in [1.807, 2.05) is 26.0 Å². The maximum absolute atomic E-state index is 11.0. The molecule has 0 saturated carbocycles. The molecule has 0 spiro atoms. The van der Waals surface area contributed by atoms with Gasteiger partial charge in [0, 0.05) is 6.54 Å². The highest BCUT2D eigenvalue weighted by molar-refractivity contribution is 5.80. The lowest BCUT2D eigenvalue weighted by Gasteiger charge is -2.10. The molecule has 13 heavy (non-hydrogen) atoms. The Morgan fingerprint density at radius 1 is 1.62 bits per heavy atom. The molecular weight excluding hydrogens is 162 g/mol. The molecule has 0 bridgehead atoms. The van der Waals surface area contributed by atoms with Gasteiger partial charge in [-0.2, -0.15) is 0 Å². The Kier molecular flexibility index (Phi) is 3.50. The van der Waals surface area contributed by atoms with Crippen LogP contribution in [0.25, 0.3) is 0 Å². The predicted molar refractivity (Wildman–Crippen MR) is 54.3 cm³/mol. The number of amides is 1. The van der Waals surface area contributed by atoms with Gasteiger partial charge in [0.2, 0.25) is 5.91 Å². The van der Waals surface area contributed by atoms with E-state index in [1.54, 1.807) is 0 Å². The van der Waals surface area contributed by atoms with Gasteiger partial charge in [-0.3, -0.25) is 4.79 Å². The Morgan fingerprint density at radius 3 is 3.00 bits per heavy atom. The van der Waals surface area contributed by atoms with Gasteiger partial charge in [0.1, 0.15) is 0 Å². The summed E-state index contributed by atoms with van der Waals surface area (Å²) in [6.07, 6.45) is 8.64. The molecule has 1 amide bonds.